The SMILES string of the molecule is CSCC(C)CNC(=O)c1c[nH]c2ccc(N)cc12. The van der Waals surface area contributed by atoms with Crippen molar-refractivity contribution in [1.29, 1.82) is 0 Å². The first-order valence-electron chi connectivity index (χ1n) is 6.25. The van der Waals surface area contributed by atoms with E-state index in [1.165, 1.54) is 0 Å². The van der Waals surface area contributed by atoms with Gasteiger partial charge in [0.25, 0.3) is 5.91 Å². The summed E-state index contributed by atoms with van der Waals surface area (Å²) in [7, 11) is 0. The van der Waals surface area contributed by atoms with Gasteiger partial charge in [-0.2, -0.15) is 11.8 Å². The molecule has 2 aromatic rings. The van der Waals surface area contributed by atoms with E-state index in [0.717, 1.165) is 16.7 Å². The van der Waals surface area contributed by atoms with Crippen LogP contribution in [0.15, 0.2) is 24.4 Å². The van der Waals surface area contributed by atoms with Crippen molar-refractivity contribution in [2.24, 2.45) is 5.92 Å². The third-order valence-electron chi connectivity index (χ3n) is 3.01. The number of fused-ring (bicyclic) bond motifs is 1. The van der Waals surface area contributed by atoms with Gasteiger partial charge in [-0.25, -0.2) is 0 Å². The van der Waals surface area contributed by atoms with Crippen LogP contribution < -0.4 is 11.1 Å². The Morgan fingerprint density at radius 2 is 2.32 bits per heavy atom. The summed E-state index contributed by atoms with van der Waals surface area (Å²) in [6, 6.07) is 5.53. The van der Waals surface area contributed by atoms with Crippen LogP contribution in [0.3, 0.4) is 0 Å². The van der Waals surface area contributed by atoms with Crippen LogP contribution in [0.25, 0.3) is 10.9 Å². The van der Waals surface area contributed by atoms with Crippen molar-refractivity contribution >= 4 is 34.3 Å². The van der Waals surface area contributed by atoms with Gasteiger partial charge in [0, 0.05) is 29.3 Å². The molecule has 0 spiro atoms. The van der Waals surface area contributed by atoms with Gasteiger partial charge in [0.15, 0.2) is 0 Å². The Morgan fingerprint density at radius 3 is 3.05 bits per heavy atom. The second-order valence-corrected chi connectivity index (χ2v) is 5.69. The third kappa shape index (κ3) is 3.23. The van der Waals surface area contributed by atoms with E-state index in [1.54, 1.807) is 18.0 Å². The minimum Gasteiger partial charge on any atom is -0.399 e. The van der Waals surface area contributed by atoms with Crippen molar-refractivity contribution in [1.82, 2.24) is 10.3 Å². The number of aromatic nitrogens is 1. The maximum absolute atomic E-state index is 12.2. The average molecular weight is 277 g/mol. The van der Waals surface area contributed by atoms with Crippen molar-refractivity contribution in [3.8, 4) is 0 Å². The fraction of sp³-hybridized carbons (Fsp3) is 0.357. The molecule has 0 fully saturated rings. The minimum absolute atomic E-state index is 0.0511. The number of benzene rings is 1. The number of nitrogen functional groups attached to an aromatic ring is 1. The molecule has 1 atom stereocenters. The van der Waals surface area contributed by atoms with Gasteiger partial charge in [-0.15, -0.1) is 0 Å². The number of rotatable bonds is 5. The maximum atomic E-state index is 12.2. The number of hydrogen-bond acceptors (Lipinski definition) is 3. The van der Waals surface area contributed by atoms with E-state index >= 15 is 0 Å². The summed E-state index contributed by atoms with van der Waals surface area (Å²) in [5.41, 5.74) is 8.01. The van der Waals surface area contributed by atoms with Gasteiger partial charge in [-0.3, -0.25) is 4.79 Å². The number of amides is 1. The number of H-pyrrole nitrogens is 1. The number of hydrogen-bond donors (Lipinski definition) is 3. The fourth-order valence-electron chi connectivity index (χ4n) is 2.03. The Balaban J connectivity index is 2.11. The van der Waals surface area contributed by atoms with Crippen LogP contribution in [0.1, 0.15) is 17.3 Å². The molecule has 0 saturated heterocycles. The summed E-state index contributed by atoms with van der Waals surface area (Å²) in [5, 5.41) is 3.84. The van der Waals surface area contributed by atoms with Gasteiger partial charge >= 0.3 is 0 Å². The Bertz CT molecular complexity index is 579. The Kier molecular flexibility index (Phi) is 4.37. The van der Waals surface area contributed by atoms with Crippen LogP contribution in [-0.2, 0) is 0 Å². The largest absolute Gasteiger partial charge is 0.399 e. The average Bonchev–Trinajstić information content (AvgIpc) is 2.79. The lowest BCUT2D eigenvalue weighted by Crippen LogP contribution is -2.28. The van der Waals surface area contributed by atoms with Crippen LogP contribution in [0.5, 0.6) is 0 Å². The number of nitrogens with two attached hydrogens (primary N) is 1. The van der Waals surface area contributed by atoms with Crippen molar-refractivity contribution in [2.75, 3.05) is 24.3 Å². The molecule has 0 aliphatic heterocycles. The lowest BCUT2D eigenvalue weighted by atomic mass is 10.1. The predicted octanol–water partition coefficient (Wildman–Crippen LogP) is 2.48. The zero-order valence-corrected chi connectivity index (χ0v) is 12.0. The van der Waals surface area contributed by atoms with Crippen molar-refractivity contribution in [3.63, 3.8) is 0 Å². The monoisotopic (exact) mass is 277 g/mol. The molecule has 4 nitrogen and oxygen atoms in total. The van der Waals surface area contributed by atoms with Crippen LogP contribution in [0.4, 0.5) is 5.69 Å². The van der Waals surface area contributed by atoms with Crippen molar-refractivity contribution in [3.05, 3.63) is 30.0 Å². The molecule has 19 heavy (non-hydrogen) atoms. The lowest BCUT2D eigenvalue weighted by molar-refractivity contribution is 0.0951. The molecule has 0 radical (unpaired) electrons. The minimum atomic E-state index is -0.0511. The molecule has 1 aromatic heterocycles. The molecule has 1 heterocycles. The summed E-state index contributed by atoms with van der Waals surface area (Å²) in [5.74, 6) is 1.46. The van der Waals surface area contributed by atoms with E-state index < -0.39 is 0 Å². The molecule has 4 N–H and O–H groups in total. The highest BCUT2D eigenvalue weighted by molar-refractivity contribution is 7.98. The number of aromatic amines is 1. The Morgan fingerprint density at radius 1 is 1.53 bits per heavy atom. The normalized spacial score (nSPS) is 12.5. The van der Waals surface area contributed by atoms with E-state index in [0.29, 0.717) is 23.7 Å². The Labute approximate surface area is 117 Å². The van der Waals surface area contributed by atoms with E-state index in [9.17, 15) is 4.79 Å². The highest BCUT2D eigenvalue weighted by Gasteiger charge is 2.12. The van der Waals surface area contributed by atoms with Gasteiger partial charge in [0.05, 0.1) is 5.56 Å². The van der Waals surface area contributed by atoms with Crippen LogP contribution in [0.2, 0.25) is 0 Å². The van der Waals surface area contributed by atoms with E-state index in [4.69, 9.17) is 5.73 Å². The molecule has 1 aromatic carbocycles. The summed E-state index contributed by atoms with van der Waals surface area (Å²) < 4.78 is 0. The quantitative estimate of drug-likeness (QED) is 0.735. The zero-order valence-electron chi connectivity index (χ0n) is 11.2. The van der Waals surface area contributed by atoms with Crippen LogP contribution in [-0.4, -0.2) is 29.4 Å². The molecule has 2 rings (SSSR count). The van der Waals surface area contributed by atoms with Gasteiger partial charge in [0.1, 0.15) is 0 Å². The maximum Gasteiger partial charge on any atom is 0.253 e. The molecular formula is C14H19N3OS. The molecule has 0 saturated carbocycles. The smallest absolute Gasteiger partial charge is 0.253 e. The van der Waals surface area contributed by atoms with Crippen LogP contribution >= 0.6 is 11.8 Å². The zero-order chi connectivity index (χ0) is 13.8. The molecule has 102 valence electrons. The number of thioether (sulfide) groups is 1. The fourth-order valence-corrected chi connectivity index (χ4v) is 2.72. The highest BCUT2D eigenvalue weighted by atomic mass is 32.2. The topological polar surface area (TPSA) is 70.9 Å². The van der Waals surface area contributed by atoms with E-state index in [-0.39, 0.29) is 5.91 Å². The summed E-state index contributed by atoms with van der Waals surface area (Å²) in [6.45, 7) is 2.82. The lowest BCUT2D eigenvalue weighted by Gasteiger charge is -2.10. The summed E-state index contributed by atoms with van der Waals surface area (Å²) in [6.07, 6.45) is 3.80. The molecule has 5 heteroatoms. The predicted molar refractivity (Wildman–Crippen MR) is 82.6 cm³/mol. The van der Waals surface area contributed by atoms with Crippen LogP contribution in [0, 0.1) is 5.92 Å². The molecule has 0 aliphatic carbocycles. The molecule has 0 aliphatic rings. The Hall–Kier alpha value is -1.62. The van der Waals surface area contributed by atoms with Gasteiger partial charge in [0.2, 0.25) is 0 Å². The molecule has 1 unspecified atom stereocenters. The first-order valence-corrected chi connectivity index (χ1v) is 7.65. The third-order valence-corrected chi connectivity index (χ3v) is 3.92. The van der Waals surface area contributed by atoms with Gasteiger partial charge in [-0.1, -0.05) is 6.92 Å². The van der Waals surface area contributed by atoms with Crippen molar-refractivity contribution in [2.45, 2.75) is 6.92 Å². The van der Waals surface area contributed by atoms with Crippen molar-refractivity contribution < 1.29 is 4.79 Å². The van der Waals surface area contributed by atoms with E-state index in [1.807, 2.05) is 18.2 Å². The standard InChI is InChI=1S/C14H19N3OS/c1-9(8-19-2)6-17-14(18)12-7-16-13-4-3-10(15)5-11(12)13/h3-5,7,9,16H,6,8,15H2,1-2H3,(H,17,18). The first kappa shape index (κ1) is 13.8. The van der Waals surface area contributed by atoms with Gasteiger partial charge in [-0.05, 0) is 36.1 Å². The first-order chi connectivity index (χ1) is 9.11. The van der Waals surface area contributed by atoms with Gasteiger partial charge < -0.3 is 16.0 Å². The number of nitrogens with one attached hydrogen (secondary N) is 2. The number of carbonyl (C=O) groups is 1. The number of carbonyl (C=O) groups excluding carboxylic acids is 1. The summed E-state index contributed by atoms with van der Waals surface area (Å²) >= 11 is 1.79. The molecular weight excluding hydrogens is 258 g/mol. The second kappa shape index (κ2) is 6.02. The van der Waals surface area contributed by atoms with E-state index in [2.05, 4.69) is 23.5 Å². The number of anilines is 1. The molecule has 0 bridgehead atoms. The molecule has 1 amide bonds. The highest BCUT2D eigenvalue weighted by Crippen LogP contribution is 2.20. The second-order valence-electron chi connectivity index (χ2n) is 4.78. The summed E-state index contributed by atoms with van der Waals surface area (Å²) in [4.78, 5) is 15.2.